The van der Waals surface area contributed by atoms with Gasteiger partial charge in [-0.15, -0.1) is 0 Å². The van der Waals surface area contributed by atoms with E-state index in [4.69, 9.17) is 8.92 Å². The maximum Gasteiger partial charge on any atom is 0.339 e. The van der Waals surface area contributed by atoms with Gasteiger partial charge in [0, 0.05) is 0 Å². The van der Waals surface area contributed by atoms with Crippen molar-refractivity contribution in [2.24, 2.45) is 0 Å². The Labute approximate surface area is 110 Å². The Hall–Kier alpha value is -2.08. The summed E-state index contributed by atoms with van der Waals surface area (Å²) >= 11 is 0. The van der Waals surface area contributed by atoms with Crippen LogP contribution in [0.1, 0.15) is 0 Å². The third-order valence-electron chi connectivity index (χ3n) is 2.35. The molecule has 0 aliphatic rings. The van der Waals surface area contributed by atoms with E-state index in [2.05, 4.69) is 0 Å². The number of benzene rings is 2. The van der Waals surface area contributed by atoms with Crippen LogP contribution >= 0.6 is 0 Å². The van der Waals surface area contributed by atoms with Crippen molar-refractivity contribution < 1.29 is 21.7 Å². The fourth-order valence-corrected chi connectivity index (χ4v) is 2.45. The van der Waals surface area contributed by atoms with E-state index in [9.17, 15) is 12.8 Å². The summed E-state index contributed by atoms with van der Waals surface area (Å²) in [6.07, 6.45) is 0. The molecule has 0 radical (unpaired) electrons. The first-order chi connectivity index (χ1) is 9.03. The van der Waals surface area contributed by atoms with Gasteiger partial charge < -0.3 is 8.92 Å². The van der Waals surface area contributed by atoms with Crippen molar-refractivity contribution >= 4 is 10.1 Å². The lowest BCUT2D eigenvalue weighted by atomic mass is 10.3. The molecule has 0 aliphatic heterocycles. The smallest absolute Gasteiger partial charge is 0.339 e. The van der Waals surface area contributed by atoms with Gasteiger partial charge in [0.15, 0.2) is 11.5 Å². The van der Waals surface area contributed by atoms with Crippen LogP contribution in [0.3, 0.4) is 0 Å². The summed E-state index contributed by atoms with van der Waals surface area (Å²) in [5.41, 5.74) is 0. The van der Waals surface area contributed by atoms with E-state index in [1.165, 1.54) is 25.3 Å². The maximum absolute atomic E-state index is 13.0. The molecule has 19 heavy (non-hydrogen) atoms. The number of hydrogen-bond acceptors (Lipinski definition) is 4. The SMILES string of the molecule is COc1ccccc1OS(=O)(=O)c1cccc(F)c1. The van der Waals surface area contributed by atoms with E-state index >= 15 is 0 Å². The molecule has 2 aromatic rings. The molecule has 2 aromatic carbocycles. The first-order valence-electron chi connectivity index (χ1n) is 5.36. The van der Waals surface area contributed by atoms with Crippen molar-refractivity contribution in [3.63, 3.8) is 0 Å². The average Bonchev–Trinajstić information content (AvgIpc) is 2.39. The van der Waals surface area contributed by atoms with E-state index in [0.717, 1.165) is 12.1 Å². The third kappa shape index (κ3) is 3.03. The molecule has 0 heterocycles. The number of para-hydroxylation sites is 2. The molecular formula is C13H11FO4S. The number of ether oxygens (including phenoxy) is 1. The summed E-state index contributed by atoms with van der Waals surface area (Å²) in [6.45, 7) is 0. The van der Waals surface area contributed by atoms with E-state index in [1.54, 1.807) is 18.2 Å². The maximum atomic E-state index is 13.0. The van der Waals surface area contributed by atoms with Crippen LogP contribution in [-0.2, 0) is 10.1 Å². The average molecular weight is 282 g/mol. The van der Waals surface area contributed by atoms with Gasteiger partial charge in [0.05, 0.1) is 7.11 Å². The standard InChI is InChI=1S/C13H11FO4S/c1-17-12-7-2-3-8-13(12)18-19(15,16)11-6-4-5-10(14)9-11/h2-9H,1H3. The Morgan fingerprint density at radius 1 is 1.00 bits per heavy atom. The monoisotopic (exact) mass is 282 g/mol. The van der Waals surface area contributed by atoms with Crippen LogP contribution < -0.4 is 8.92 Å². The van der Waals surface area contributed by atoms with Crippen molar-refractivity contribution in [3.05, 3.63) is 54.3 Å². The van der Waals surface area contributed by atoms with E-state index in [0.29, 0.717) is 0 Å². The molecule has 0 bridgehead atoms. The molecule has 0 aromatic heterocycles. The fraction of sp³-hybridized carbons (Fsp3) is 0.0769. The van der Waals surface area contributed by atoms with Gasteiger partial charge in [-0.1, -0.05) is 18.2 Å². The van der Waals surface area contributed by atoms with Crippen LogP contribution in [0, 0.1) is 5.82 Å². The predicted octanol–water partition coefficient (Wildman–Crippen LogP) is 2.60. The lowest BCUT2D eigenvalue weighted by Gasteiger charge is -2.10. The second-order valence-electron chi connectivity index (χ2n) is 3.65. The van der Waals surface area contributed by atoms with Crippen LogP contribution in [0.2, 0.25) is 0 Å². The quantitative estimate of drug-likeness (QED) is 0.809. The molecule has 0 unspecified atom stereocenters. The number of halogens is 1. The number of rotatable bonds is 4. The molecule has 0 saturated heterocycles. The Morgan fingerprint density at radius 3 is 2.32 bits per heavy atom. The predicted molar refractivity (Wildman–Crippen MR) is 67.2 cm³/mol. The highest BCUT2D eigenvalue weighted by Crippen LogP contribution is 2.29. The Kier molecular flexibility index (Phi) is 3.71. The van der Waals surface area contributed by atoms with Crippen LogP contribution in [0.5, 0.6) is 11.5 Å². The van der Waals surface area contributed by atoms with Crippen LogP contribution in [0.15, 0.2) is 53.4 Å². The topological polar surface area (TPSA) is 52.6 Å². The molecule has 0 saturated carbocycles. The lowest BCUT2D eigenvalue weighted by molar-refractivity contribution is 0.390. The highest BCUT2D eigenvalue weighted by atomic mass is 32.2. The van der Waals surface area contributed by atoms with Crippen molar-refractivity contribution in [1.29, 1.82) is 0 Å². The van der Waals surface area contributed by atoms with E-state index in [-0.39, 0.29) is 16.4 Å². The molecule has 2 rings (SSSR count). The van der Waals surface area contributed by atoms with Gasteiger partial charge >= 0.3 is 10.1 Å². The van der Waals surface area contributed by atoms with Gasteiger partial charge in [0.25, 0.3) is 0 Å². The Balaban J connectivity index is 2.37. The molecule has 0 amide bonds. The van der Waals surface area contributed by atoms with Gasteiger partial charge in [-0.3, -0.25) is 0 Å². The summed E-state index contributed by atoms with van der Waals surface area (Å²) in [5, 5.41) is 0. The van der Waals surface area contributed by atoms with Crippen molar-refractivity contribution in [1.82, 2.24) is 0 Å². The minimum absolute atomic E-state index is 0.0502. The highest BCUT2D eigenvalue weighted by molar-refractivity contribution is 7.87. The highest BCUT2D eigenvalue weighted by Gasteiger charge is 2.19. The minimum Gasteiger partial charge on any atom is -0.493 e. The molecule has 0 N–H and O–H groups in total. The molecule has 0 atom stereocenters. The van der Waals surface area contributed by atoms with Gasteiger partial charge in [0.1, 0.15) is 10.7 Å². The fourth-order valence-electron chi connectivity index (χ4n) is 1.48. The second kappa shape index (κ2) is 5.27. The Bertz CT molecular complexity index is 683. The van der Waals surface area contributed by atoms with E-state index < -0.39 is 15.9 Å². The lowest BCUT2D eigenvalue weighted by Crippen LogP contribution is -2.10. The molecule has 100 valence electrons. The molecule has 4 nitrogen and oxygen atoms in total. The normalized spacial score (nSPS) is 11.1. The van der Waals surface area contributed by atoms with Gasteiger partial charge in [-0.05, 0) is 30.3 Å². The van der Waals surface area contributed by atoms with Crippen molar-refractivity contribution in [3.8, 4) is 11.5 Å². The second-order valence-corrected chi connectivity index (χ2v) is 5.19. The van der Waals surface area contributed by atoms with Crippen molar-refractivity contribution in [2.45, 2.75) is 4.90 Å². The first kappa shape index (κ1) is 13.4. The summed E-state index contributed by atoms with van der Waals surface area (Å²) in [5.74, 6) is -0.318. The zero-order chi connectivity index (χ0) is 13.9. The third-order valence-corrected chi connectivity index (χ3v) is 3.58. The van der Waals surface area contributed by atoms with Crippen LogP contribution in [0.4, 0.5) is 4.39 Å². The molecule has 0 spiro atoms. The van der Waals surface area contributed by atoms with Crippen molar-refractivity contribution in [2.75, 3.05) is 7.11 Å². The number of methoxy groups -OCH3 is 1. The van der Waals surface area contributed by atoms with Crippen LogP contribution in [0.25, 0.3) is 0 Å². The molecular weight excluding hydrogens is 271 g/mol. The molecule has 0 aliphatic carbocycles. The Morgan fingerprint density at radius 2 is 1.68 bits per heavy atom. The first-order valence-corrected chi connectivity index (χ1v) is 6.77. The van der Waals surface area contributed by atoms with Gasteiger partial charge in [0.2, 0.25) is 0 Å². The molecule has 6 heteroatoms. The minimum atomic E-state index is -4.09. The summed E-state index contributed by atoms with van der Waals surface area (Å²) in [6, 6.07) is 10.9. The zero-order valence-electron chi connectivity index (χ0n) is 10.0. The largest absolute Gasteiger partial charge is 0.493 e. The summed E-state index contributed by atoms with van der Waals surface area (Å²) in [7, 11) is -2.69. The number of hydrogen-bond donors (Lipinski definition) is 0. The van der Waals surface area contributed by atoms with E-state index in [1.807, 2.05) is 0 Å². The summed E-state index contributed by atoms with van der Waals surface area (Å²) < 4.78 is 46.9. The molecule has 0 fully saturated rings. The van der Waals surface area contributed by atoms with Crippen LogP contribution in [-0.4, -0.2) is 15.5 Å². The van der Waals surface area contributed by atoms with Gasteiger partial charge in [-0.25, -0.2) is 4.39 Å². The van der Waals surface area contributed by atoms with Gasteiger partial charge in [-0.2, -0.15) is 8.42 Å². The zero-order valence-corrected chi connectivity index (χ0v) is 10.9. The summed E-state index contributed by atoms with van der Waals surface area (Å²) in [4.78, 5) is -0.251.